The van der Waals surface area contributed by atoms with Gasteiger partial charge in [-0.15, -0.1) is 5.10 Å². The van der Waals surface area contributed by atoms with Crippen molar-refractivity contribution in [2.45, 2.75) is 69.1 Å². The van der Waals surface area contributed by atoms with E-state index >= 15 is 0 Å². The molecule has 0 saturated carbocycles. The largest absolute Gasteiger partial charge is 0.414 e. The fourth-order valence-corrected chi connectivity index (χ4v) is 12.8. The molecule has 3 N–H and O–H groups in total. The predicted octanol–water partition coefficient (Wildman–Crippen LogP) is 10.7. The SMILES string of the molecule is CCNC(=O)N1CCC(c2cccc(C(Cc3ccccc3)c3ccc(-c4cc(Cl)ccc4N4C=N[NH+](COC(=O)N5CCC(c6cccc(C(Cc7ccccc7)c7ccc(-c8cc(Cl)ccc8-n8cnnn8)c[n+]7O)c6)CC5)[N-]4)c[n+]3OC)c2)CC1. The molecule has 3 unspecified atom stereocenters. The van der Waals surface area contributed by atoms with E-state index in [0.717, 1.165) is 101 Å². The van der Waals surface area contributed by atoms with Crippen molar-refractivity contribution in [3.8, 4) is 27.9 Å². The monoisotopic (exact) mass is 1220 g/mol. The minimum atomic E-state index is -0.419. The number of aromatic nitrogens is 6. The normalized spacial score (nSPS) is 16.1. The first-order valence-corrected chi connectivity index (χ1v) is 30.6. The number of piperidine rings is 2. The highest BCUT2D eigenvalue weighted by atomic mass is 35.5. The number of anilines is 1. The number of hydrogen-bond acceptors (Lipinski definition) is 10. The van der Waals surface area contributed by atoms with Crippen molar-refractivity contribution in [2.24, 2.45) is 5.10 Å². The molecule has 3 amide bonds. The van der Waals surface area contributed by atoms with Crippen molar-refractivity contribution in [3.63, 3.8) is 0 Å². The van der Waals surface area contributed by atoms with Crippen LogP contribution in [0.2, 0.25) is 10.0 Å². The van der Waals surface area contributed by atoms with Gasteiger partial charge in [-0.05, 0) is 150 Å². The number of ether oxygens (including phenoxy) is 1. The van der Waals surface area contributed by atoms with E-state index in [0.29, 0.717) is 47.1 Å². The molecule has 3 atom stereocenters. The van der Waals surface area contributed by atoms with Crippen LogP contribution in [0, 0.1) is 0 Å². The average Bonchev–Trinajstić information content (AvgIpc) is 2.20. The Morgan fingerprint density at radius 1 is 0.682 bits per heavy atom. The van der Waals surface area contributed by atoms with E-state index in [9.17, 15) is 14.8 Å². The number of halogens is 2. The zero-order valence-electron chi connectivity index (χ0n) is 49.0. The number of carbonyl (C=O) groups is 2. The van der Waals surface area contributed by atoms with Crippen molar-refractivity contribution in [1.29, 1.82) is 0 Å². The second kappa shape index (κ2) is 27.2. The first kappa shape index (κ1) is 59.1. The lowest BCUT2D eigenvalue weighted by molar-refractivity contribution is -0.909. The lowest BCUT2D eigenvalue weighted by Crippen LogP contribution is -3.02. The third-order valence-electron chi connectivity index (χ3n) is 17.1. The number of urea groups is 1. The van der Waals surface area contributed by atoms with E-state index in [4.69, 9.17) is 38.3 Å². The van der Waals surface area contributed by atoms with E-state index in [1.165, 1.54) is 33.3 Å². The van der Waals surface area contributed by atoms with Gasteiger partial charge in [-0.3, -0.25) is 10.0 Å². The molecule has 18 nitrogen and oxygen atoms in total. The molecule has 0 spiro atoms. The van der Waals surface area contributed by atoms with Crippen molar-refractivity contribution in [3.05, 3.63) is 249 Å². The first-order chi connectivity index (χ1) is 43.0. The number of pyridine rings is 2. The zero-order valence-corrected chi connectivity index (χ0v) is 50.5. The Kier molecular flexibility index (Phi) is 18.3. The second-order valence-corrected chi connectivity index (χ2v) is 23.3. The molecule has 2 fully saturated rings. The number of carbonyl (C=O) groups excluding carboxylic acids is 2. The molecular weight excluding hydrogens is 1150 g/mol. The number of likely N-dealkylation sites (tertiary alicyclic amines) is 2. The third-order valence-corrected chi connectivity index (χ3v) is 17.5. The smallest absolute Gasteiger partial charge is 0.397 e. The maximum atomic E-state index is 13.7. The molecule has 9 aromatic rings. The molecule has 12 rings (SSSR count). The topological polar surface area (TPSA) is 177 Å². The number of nitrogens with one attached hydrogen (secondary N) is 2. The van der Waals surface area contributed by atoms with E-state index in [-0.39, 0.29) is 30.5 Å². The first-order valence-electron chi connectivity index (χ1n) is 29.9. The number of nitrogens with zero attached hydrogens (tertiary/aromatic N) is 11. The van der Waals surface area contributed by atoms with Crippen molar-refractivity contribution >= 4 is 47.4 Å². The minimum absolute atomic E-state index is 0.00646. The van der Waals surface area contributed by atoms with Gasteiger partial charge < -0.3 is 30.4 Å². The molecule has 0 aliphatic carbocycles. The van der Waals surface area contributed by atoms with Crippen molar-refractivity contribution in [2.75, 3.05) is 51.6 Å². The van der Waals surface area contributed by atoms with Crippen LogP contribution in [0.5, 0.6) is 0 Å². The maximum Gasteiger partial charge on any atom is 0.414 e. The van der Waals surface area contributed by atoms with Gasteiger partial charge in [-0.2, -0.15) is 4.68 Å². The van der Waals surface area contributed by atoms with Crippen LogP contribution in [0.3, 0.4) is 0 Å². The lowest BCUT2D eigenvalue weighted by Gasteiger charge is -2.33. The Morgan fingerprint density at radius 2 is 1.25 bits per heavy atom. The number of benzene rings is 6. The summed E-state index contributed by atoms with van der Waals surface area (Å²) in [6, 6.07) is 57.6. The number of amides is 3. The Bertz CT molecular complexity index is 3920. The van der Waals surface area contributed by atoms with E-state index < -0.39 is 6.09 Å². The summed E-state index contributed by atoms with van der Waals surface area (Å²) >= 11 is 13.2. The Balaban J connectivity index is 0.694. The highest BCUT2D eigenvalue weighted by Crippen LogP contribution is 2.39. The van der Waals surface area contributed by atoms with Crippen LogP contribution in [0.4, 0.5) is 15.3 Å². The number of rotatable bonds is 18. The third kappa shape index (κ3) is 13.5. The summed E-state index contributed by atoms with van der Waals surface area (Å²) in [5.74, 6) is 0.285. The molecule has 3 aliphatic heterocycles. The van der Waals surface area contributed by atoms with Gasteiger partial charge in [0.15, 0.2) is 0 Å². The highest BCUT2D eigenvalue weighted by Gasteiger charge is 2.33. The van der Waals surface area contributed by atoms with Crippen LogP contribution in [-0.2, 0) is 17.6 Å². The average molecular weight is 1220 g/mol. The van der Waals surface area contributed by atoms with Gasteiger partial charge in [0.05, 0.1) is 28.7 Å². The Morgan fingerprint density at radius 3 is 1.83 bits per heavy atom. The van der Waals surface area contributed by atoms with Gasteiger partial charge in [0.2, 0.25) is 30.5 Å². The minimum Gasteiger partial charge on any atom is -0.397 e. The molecule has 0 bridgehead atoms. The number of tetrazole rings is 1. The summed E-state index contributed by atoms with van der Waals surface area (Å²) in [5, 5.41) is 34.2. The molecule has 88 heavy (non-hydrogen) atoms. The van der Waals surface area contributed by atoms with Gasteiger partial charge in [0, 0.05) is 81.2 Å². The Labute approximate surface area is 521 Å². The Hall–Kier alpha value is -9.20. The van der Waals surface area contributed by atoms with Gasteiger partial charge in [-0.1, -0.05) is 137 Å². The van der Waals surface area contributed by atoms with E-state index in [2.05, 4.69) is 123 Å². The molecule has 3 aromatic heterocycles. The standard InChI is InChI=1S/C68H68Cl2N13O5/c1-3-71-67(84)77-32-28-49(29-33-77)52-17-11-19-54(39-52)60(37-48-14-8-5-9-15-48)66-25-21-56(43-82(66)87-2)62-41-58(70)23-27-64(62)80-45-73-83(76-80)46-88-68(85)78-34-30-50(31-35-78)51-16-10-18-53(38-51)59(36-47-12-6-4-7-13-47)65-24-20-55(42-81(65)86)61-40-57(69)22-26-63(61)79-44-72-74-75-79/h4-27,38-45,49-50,59-60,83H,3,28-37,46H2,1-2H3,(H-,71,84,86)/q+1/p+1. The van der Waals surface area contributed by atoms with Gasteiger partial charge in [0.1, 0.15) is 19.8 Å². The fourth-order valence-electron chi connectivity index (χ4n) is 12.5. The summed E-state index contributed by atoms with van der Waals surface area (Å²) < 4.78 is 10.5. The van der Waals surface area contributed by atoms with Crippen molar-refractivity contribution < 1.29 is 38.9 Å². The molecule has 6 heterocycles. The van der Waals surface area contributed by atoms with Gasteiger partial charge in [-0.25, -0.2) is 14.7 Å². The molecule has 3 aliphatic rings. The zero-order chi connectivity index (χ0) is 60.5. The molecule has 0 radical (unpaired) electrons. The van der Waals surface area contributed by atoms with Gasteiger partial charge >= 0.3 is 12.1 Å². The summed E-state index contributed by atoms with van der Waals surface area (Å²) in [6.07, 6.45) is 11.1. The van der Waals surface area contributed by atoms with Crippen LogP contribution < -0.4 is 29.7 Å². The number of hydrogen-bond donors (Lipinski definition) is 3. The van der Waals surface area contributed by atoms with Gasteiger partial charge in [0.25, 0.3) is 0 Å². The quantitative estimate of drug-likeness (QED) is 0.0557. The molecule has 448 valence electrons. The van der Waals surface area contributed by atoms with Crippen LogP contribution in [0.1, 0.15) is 101 Å². The number of quaternary nitrogens is 1. The van der Waals surface area contributed by atoms with E-state index in [1.807, 2.05) is 89.5 Å². The summed E-state index contributed by atoms with van der Waals surface area (Å²) in [4.78, 5) is 36.2. The van der Waals surface area contributed by atoms with Crippen LogP contribution >= 0.6 is 23.2 Å². The summed E-state index contributed by atoms with van der Waals surface area (Å²) in [5.41, 5.74) is 18.1. The van der Waals surface area contributed by atoms with Crippen LogP contribution in [0.25, 0.3) is 33.5 Å². The maximum absolute atomic E-state index is 13.7. The predicted molar refractivity (Wildman–Crippen MR) is 336 cm³/mol. The fraction of sp³-hybridized carbons (Fsp3) is 0.265. The lowest BCUT2D eigenvalue weighted by atomic mass is 9.84. The summed E-state index contributed by atoms with van der Waals surface area (Å²) in [7, 11) is 1.68. The molecule has 20 heteroatoms. The second-order valence-electron chi connectivity index (χ2n) is 22.5. The van der Waals surface area contributed by atoms with Crippen LogP contribution in [-0.4, -0.2) is 100 Å². The van der Waals surface area contributed by atoms with Crippen molar-refractivity contribution in [1.82, 2.24) is 35.3 Å². The highest BCUT2D eigenvalue weighted by molar-refractivity contribution is 6.31. The van der Waals surface area contributed by atoms with E-state index in [1.54, 1.807) is 40.3 Å². The summed E-state index contributed by atoms with van der Waals surface area (Å²) in [6.45, 7) is 4.94. The molecule has 6 aromatic carbocycles. The molecular formula is C68H69Cl2N13O5+2. The molecule has 2 saturated heterocycles. The van der Waals surface area contributed by atoms with Crippen LogP contribution in [0.15, 0.2) is 194 Å².